The molecule has 3 heterocycles. The van der Waals surface area contributed by atoms with Crippen LogP contribution in [0.15, 0.2) is 77.9 Å². The summed E-state index contributed by atoms with van der Waals surface area (Å²) in [5, 5.41) is 10.8. The molecule has 2 aromatic heterocycles. The van der Waals surface area contributed by atoms with Crippen LogP contribution in [-0.4, -0.2) is 26.4 Å². The fourth-order valence-corrected chi connectivity index (χ4v) is 5.71. The van der Waals surface area contributed by atoms with Gasteiger partial charge in [0.15, 0.2) is 11.4 Å². The maximum absolute atomic E-state index is 13.1. The molecule has 0 N–H and O–H groups in total. The van der Waals surface area contributed by atoms with Crippen molar-refractivity contribution in [2.45, 2.75) is 18.6 Å². The minimum Gasteiger partial charge on any atom is -0.361 e. The van der Waals surface area contributed by atoms with Gasteiger partial charge in [-0.3, -0.25) is 4.79 Å². The van der Waals surface area contributed by atoms with Crippen molar-refractivity contribution in [1.82, 2.24) is 19.3 Å². The first-order valence-electron chi connectivity index (χ1n) is 11.5. The zero-order valence-corrected chi connectivity index (χ0v) is 21.2. The predicted octanol–water partition coefficient (Wildman–Crippen LogP) is 5.60. The van der Waals surface area contributed by atoms with Crippen molar-refractivity contribution in [3.05, 3.63) is 116 Å². The van der Waals surface area contributed by atoms with Gasteiger partial charge in [-0.05, 0) is 70.6 Å². The number of nitrogens with zero attached hydrogens (tertiary/aromatic N) is 4. The molecule has 0 saturated carbocycles. The first-order chi connectivity index (χ1) is 17.4. The highest BCUT2D eigenvalue weighted by Gasteiger charge is 2.42. The lowest BCUT2D eigenvalue weighted by Gasteiger charge is -2.33. The molecule has 1 unspecified atom stereocenters. The Balaban J connectivity index is 1.72. The van der Waals surface area contributed by atoms with Crippen LogP contribution in [0.1, 0.15) is 22.5 Å². The smallest absolute Gasteiger partial charge is 0.251 e. The van der Waals surface area contributed by atoms with Crippen molar-refractivity contribution in [1.29, 1.82) is 0 Å². The van der Waals surface area contributed by atoms with Crippen LogP contribution in [0.2, 0.25) is 10.0 Å². The normalized spacial score (nSPS) is 14.3. The van der Waals surface area contributed by atoms with Gasteiger partial charge in [0, 0.05) is 42.2 Å². The van der Waals surface area contributed by atoms with E-state index in [0.717, 1.165) is 45.1 Å². The summed E-state index contributed by atoms with van der Waals surface area (Å²) in [6.45, 7) is 0.634. The molecule has 5 aromatic rings. The second-order valence-electron chi connectivity index (χ2n) is 9.00. The second-order valence-corrected chi connectivity index (χ2v) is 9.87. The van der Waals surface area contributed by atoms with Crippen molar-refractivity contribution in [3.63, 3.8) is 0 Å². The molecule has 0 saturated heterocycles. The minimum absolute atomic E-state index is 0.0204. The van der Waals surface area contributed by atoms with Crippen LogP contribution in [0.3, 0.4) is 0 Å². The molecule has 1 aliphatic rings. The number of benzene rings is 3. The monoisotopic (exact) mass is 516 g/mol. The SMILES string of the molecule is COC(c1ccc(Cl)cc1)(c1cc2c3c(c1)c(-c1cccc(Cl)c1)cc(=O)n3CC2)c1nncn1C. The number of aromatic nitrogens is 4. The molecular formula is C28H22Cl2N4O2. The number of aryl methyl sites for hydroxylation is 3. The lowest BCUT2D eigenvalue weighted by atomic mass is 9.82. The van der Waals surface area contributed by atoms with Crippen molar-refractivity contribution >= 4 is 34.1 Å². The van der Waals surface area contributed by atoms with Crippen LogP contribution in [0.4, 0.5) is 0 Å². The van der Waals surface area contributed by atoms with Gasteiger partial charge in [0.1, 0.15) is 6.33 Å². The summed E-state index contributed by atoms with van der Waals surface area (Å²) in [5.41, 5.74) is 4.42. The number of hydrogen-bond donors (Lipinski definition) is 0. The summed E-state index contributed by atoms with van der Waals surface area (Å²) in [5.74, 6) is 0.634. The minimum atomic E-state index is -1.06. The highest BCUT2D eigenvalue weighted by Crippen LogP contribution is 2.43. The highest BCUT2D eigenvalue weighted by molar-refractivity contribution is 6.31. The first kappa shape index (κ1) is 23.0. The molecule has 8 heteroatoms. The summed E-state index contributed by atoms with van der Waals surface area (Å²) in [6.07, 6.45) is 2.41. The van der Waals surface area contributed by atoms with Crippen molar-refractivity contribution < 1.29 is 4.74 Å². The fourth-order valence-electron chi connectivity index (χ4n) is 5.39. The number of rotatable bonds is 5. The molecule has 1 atom stereocenters. The van der Waals surface area contributed by atoms with Crippen molar-refractivity contribution in [2.24, 2.45) is 7.05 Å². The third kappa shape index (κ3) is 3.40. The van der Waals surface area contributed by atoms with Crippen LogP contribution >= 0.6 is 23.2 Å². The number of ether oxygens (including phenoxy) is 1. The Morgan fingerprint density at radius 1 is 0.972 bits per heavy atom. The van der Waals surface area contributed by atoms with E-state index in [0.29, 0.717) is 22.4 Å². The first-order valence-corrected chi connectivity index (χ1v) is 12.3. The summed E-state index contributed by atoms with van der Waals surface area (Å²) < 4.78 is 10.1. The van der Waals surface area contributed by atoms with E-state index in [2.05, 4.69) is 22.3 Å². The largest absolute Gasteiger partial charge is 0.361 e. The van der Waals surface area contributed by atoms with Gasteiger partial charge >= 0.3 is 0 Å². The Morgan fingerprint density at radius 3 is 2.47 bits per heavy atom. The average molecular weight is 517 g/mol. The number of halogens is 2. The zero-order valence-electron chi connectivity index (χ0n) is 19.7. The van der Waals surface area contributed by atoms with Crippen LogP contribution in [-0.2, 0) is 30.4 Å². The summed E-state index contributed by atoms with van der Waals surface area (Å²) in [4.78, 5) is 13.1. The molecule has 0 fully saturated rings. The lowest BCUT2D eigenvalue weighted by Crippen LogP contribution is -2.35. The Hall–Kier alpha value is -3.45. The summed E-state index contributed by atoms with van der Waals surface area (Å²) >= 11 is 12.6. The van der Waals surface area contributed by atoms with E-state index in [4.69, 9.17) is 27.9 Å². The lowest BCUT2D eigenvalue weighted by molar-refractivity contribution is 0.0482. The van der Waals surface area contributed by atoms with E-state index in [9.17, 15) is 4.79 Å². The topological polar surface area (TPSA) is 61.9 Å². The number of pyridine rings is 1. The molecule has 1 aliphatic heterocycles. The molecule has 180 valence electrons. The molecule has 36 heavy (non-hydrogen) atoms. The molecule has 6 rings (SSSR count). The van der Waals surface area contributed by atoms with Gasteiger partial charge in [0.05, 0.1) is 5.52 Å². The maximum Gasteiger partial charge on any atom is 0.251 e. The number of hydrogen-bond acceptors (Lipinski definition) is 4. The van der Waals surface area contributed by atoms with E-state index in [-0.39, 0.29) is 5.56 Å². The molecule has 3 aromatic carbocycles. The molecular weight excluding hydrogens is 495 g/mol. The van der Waals surface area contributed by atoms with E-state index in [1.807, 2.05) is 64.7 Å². The summed E-state index contributed by atoms with van der Waals surface area (Å²) in [7, 11) is 3.57. The van der Waals surface area contributed by atoms with Gasteiger partial charge in [0.25, 0.3) is 5.56 Å². The van der Waals surface area contributed by atoms with Gasteiger partial charge in [0.2, 0.25) is 0 Å². The Kier molecular flexibility index (Phi) is 5.48. The van der Waals surface area contributed by atoms with Crippen LogP contribution in [0.25, 0.3) is 22.0 Å². The van der Waals surface area contributed by atoms with E-state index in [1.54, 1.807) is 19.5 Å². The van der Waals surface area contributed by atoms with Gasteiger partial charge in [-0.15, -0.1) is 10.2 Å². The van der Waals surface area contributed by atoms with Crippen molar-refractivity contribution in [2.75, 3.05) is 7.11 Å². The molecule has 0 spiro atoms. The van der Waals surface area contributed by atoms with E-state index in [1.165, 1.54) is 0 Å². The molecule has 0 amide bonds. The van der Waals surface area contributed by atoms with Gasteiger partial charge in [-0.2, -0.15) is 0 Å². The number of methoxy groups -OCH3 is 1. The molecule has 0 bridgehead atoms. The summed E-state index contributed by atoms with van der Waals surface area (Å²) in [6, 6.07) is 21.1. The van der Waals surface area contributed by atoms with Gasteiger partial charge in [-0.1, -0.05) is 47.5 Å². The van der Waals surface area contributed by atoms with Crippen LogP contribution < -0.4 is 5.56 Å². The molecule has 0 radical (unpaired) electrons. The predicted molar refractivity (Wildman–Crippen MR) is 142 cm³/mol. The van der Waals surface area contributed by atoms with Crippen molar-refractivity contribution in [3.8, 4) is 11.1 Å². The molecule has 6 nitrogen and oxygen atoms in total. The van der Waals surface area contributed by atoms with Crippen LogP contribution in [0, 0.1) is 0 Å². The standard InChI is InChI=1S/C28H22Cl2N4O2/c1-33-16-31-32-27(33)28(36-2,19-6-8-21(29)9-7-19)20-12-18-10-11-34-25(35)15-23(24(14-20)26(18)34)17-4-3-5-22(30)13-17/h3-9,12-16H,10-11H2,1-2H3. The Labute approximate surface area is 217 Å². The van der Waals surface area contributed by atoms with E-state index >= 15 is 0 Å². The Bertz CT molecular complexity index is 1690. The Morgan fingerprint density at radius 2 is 1.78 bits per heavy atom. The highest BCUT2D eigenvalue weighted by atomic mass is 35.5. The fraction of sp³-hybridized carbons (Fsp3) is 0.179. The van der Waals surface area contributed by atoms with Gasteiger partial charge in [-0.25, -0.2) is 0 Å². The van der Waals surface area contributed by atoms with Crippen LogP contribution in [0.5, 0.6) is 0 Å². The zero-order chi connectivity index (χ0) is 25.0. The second kappa shape index (κ2) is 8.59. The molecule has 0 aliphatic carbocycles. The third-order valence-corrected chi connectivity index (χ3v) is 7.50. The van der Waals surface area contributed by atoms with E-state index < -0.39 is 5.60 Å². The van der Waals surface area contributed by atoms with Gasteiger partial charge < -0.3 is 13.9 Å². The quantitative estimate of drug-likeness (QED) is 0.305. The third-order valence-electron chi connectivity index (χ3n) is 7.01. The maximum atomic E-state index is 13.1. The average Bonchev–Trinajstić information content (AvgIpc) is 3.51.